The molecule has 0 saturated carbocycles. The molecule has 152 valence electrons. The smallest absolute Gasteiger partial charge is 0.282 e. The van der Waals surface area contributed by atoms with Crippen molar-refractivity contribution in [3.63, 3.8) is 0 Å². The summed E-state index contributed by atoms with van der Waals surface area (Å²) in [7, 11) is 0. The Labute approximate surface area is 183 Å². The van der Waals surface area contributed by atoms with Crippen LogP contribution in [0.1, 0.15) is 18.2 Å². The number of ether oxygens (including phenoxy) is 1. The third kappa shape index (κ3) is 3.97. The maximum atomic E-state index is 13.3. The van der Waals surface area contributed by atoms with E-state index >= 15 is 0 Å². The predicted molar refractivity (Wildman–Crippen MR) is 121 cm³/mol. The Morgan fingerprint density at radius 2 is 1.87 bits per heavy atom. The summed E-state index contributed by atoms with van der Waals surface area (Å²) >= 11 is 7.50. The summed E-state index contributed by atoms with van der Waals surface area (Å²) in [6.45, 7) is 2.64. The number of nitrogens with zero attached hydrogens (tertiary/aromatic N) is 1. The number of carbonyl (C=O) groups excluding carboxylic acids is 2. The van der Waals surface area contributed by atoms with E-state index < -0.39 is 5.91 Å². The molecule has 1 aromatic heterocycles. The molecule has 0 unspecified atom stereocenters. The van der Waals surface area contributed by atoms with Crippen molar-refractivity contribution in [2.24, 2.45) is 0 Å². The lowest BCUT2D eigenvalue weighted by molar-refractivity contribution is -0.120. The van der Waals surface area contributed by atoms with E-state index in [9.17, 15) is 9.59 Å². The first-order chi connectivity index (χ1) is 14.6. The summed E-state index contributed by atoms with van der Waals surface area (Å²) < 4.78 is 5.68. The van der Waals surface area contributed by atoms with E-state index in [1.807, 2.05) is 48.7 Å². The largest absolute Gasteiger partial charge is 0.494 e. The summed E-state index contributed by atoms with van der Waals surface area (Å²) in [5, 5.41) is 5.48. The molecule has 1 aliphatic heterocycles. The summed E-state index contributed by atoms with van der Waals surface area (Å²) in [6, 6.07) is 17.7. The van der Waals surface area contributed by atoms with Gasteiger partial charge < -0.3 is 10.1 Å². The van der Waals surface area contributed by atoms with Gasteiger partial charge in [0.1, 0.15) is 11.4 Å². The molecule has 1 N–H and O–H groups in total. The molecule has 0 fully saturated rings. The van der Waals surface area contributed by atoms with Crippen LogP contribution in [-0.4, -0.2) is 18.4 Å². The van der Waals surface area contributed by atoms with Gasteiger partial charge in [-0.15, -0.1) is 11.3 Å². The first kappa shape index (κ1) is 20.2. The Hall–Kier alpha value is -3.09. The van der Waals surface area contributed by atoms with Gasteiger partial charge in [0.2, 0.25) is 0 Å². The van der Waals surface area contributed by atoms with Crippen LogP contribution in [0.25, 0.3) is 5.57 Å². The molecule has 0 bridgehead atoms. The number of thiophene rings is 1. The van der Waals surface area contributed by atoms with Crippen molar-refractivity contribution in [1.82, 2.24) is 0 Å². The van der Waals surface area contributed by atoms with Gasteiger partial charge in [-0.05, 0) is 48.2 Å². The van der Waals surface area contributed by atoms with Crippen LogP contribution in [0.5, 0.6) is 5.75 Å². The number of hydrogen-bond donors (Lipinski definition) is 1. The number of amides is 2. The SMILES string of the molecule is CCCOc1cccc(NC2=C(c3cccs3)C(=O)N(c3cccc(Cl)c3)C2=O)c1. The third-order valence-electron chi connectivity index (χ3n) is 4.49. The van der Waals surface area contributed by atoms with Crippen molar-refractivity contribution in [3.8, 4) is 5.75 Å². The van der Waals surface area contributed by atoms with Crippen LogP contribution in [0.3, 0.4) is 0 Å². The number of nitrogens with one attached hydrogen (secondary N) is 1. The van der Waals surface area contributed by atoms with Gasteiger partial charge in [-0.2, -0.15) is 0 Å². The van der Waals surface area contributed by atoms with Crippen molar-refractivity contribution in [2.45, 2.75) is 13.3 Å². The second-order valence-corrected chi connectivity index (χ2v) is 8.04. The maximum Gasteiger partial charge on any atom is 0.282 e. The fourth-order valence-electron chi connectivity index (χ4n) is 3.17. The van der Waals surface area contributed by atoms with Gasteiger partial charge in [0.05, 0.1) is 17.9 Å². The minimum atomic E-state index is -0.425. The van der Waals surface area contributed by atoms with Gasteiger partial charge in [-0.25, -0.2) is 4.90 Å². The van der Waals surface area contributed by atoms with Crippen molar-refractivity contribution >= 4 is 51.7 Å². The van der Waals surface area contributed by atoms with Gasteiger partial charge in [0.25, 0.3) is 11.8 Å². The molecule has 2 heterocycles. The molecule has 0 aliphatic carbocycles. The molecular weight excluding hydrogens is 420 g/mol. The van der Waals surface area contributed by atoms with E-state index in [1.54, 1.807) is 24.3 Å². The van der Waals surface area contributed by atoms with E-state index in [2.05, 4.69) is 5.32 Å². The van der Waals surface area contributed by atoms with Crippen molar-refractivity contribution < 1.29 is 14.3 Å². The van der Waals surface area contributed by atoms with E-state index in [0.29, 0.717) is 34.3 Å². The lowest BCUT2D eigenvalue weighted by atomic mass is 10.2. The Morgan fingerprint density at radius 3 is 2.60 bits per heavy atom. The average Bonchev–Trinajstić information content (AvgIpc) is 3.34. The van der Waals surface area contributed by atoms with Crippen molar-refractivity contribution in [3.05, 3.63) is 81.6 Å². The maximum absolute atomic E-state index is 13.3. The van der Waals surface area contributed by atoms with Crippen molar-refractivity contribution in [1.29, 1.82) is 0 Å². The molecule has 0 radical (unpaired) electrons. The zero-order chi connectivity index (χ0) is 21.1. The minimum absolute atomic E-state index is 0.232. The second-order valence-electron chi connectivity index (χ2n) is 6.65. The molecular formula is C23H19ClN2O3S. The number of halogens is 1. The number of imide groups is 1. The summed E-state index contributed by atoms with van der Waals surface area (Å²) in [5.74, 6) is -0.111. The Morgan fingerprint density at radius 1 is 1.03 bits per heavy atom. The van der Waals surface area contributed by atoms with Crippen LogP contribution in [-0.2, 0) is 9.59 Å². The predicted octanol–water partition coefficient (Wildman–Crippen LogP) is 5.59. The number of carbonyl (C=O) groups is 2. The van der Waals surface area contributed by atoms with Crippen LogP contribution in [0.4, 0.5) is 11.4 Å². The molecule has 1 aliphatic rings. The number of anilines is 2. The Balaban J connectivity index is 1.73. The average molecular weight is 439 g/mol. The van der Waals surface area contributed by atoms with Crippen LogP contribution < -0.4 is 15.0 Å². The van der Waals surface area contributed by atoms with Gasteiger partial charge >= 0.3 is 0 Å². The van der Waals surface area contributed by atoms with Crippen LogP contribution in [0.15, 0.2) is 71.7 Å². The standard InChI is InChI=1S/C23H19ClN2O3S/c1-2-11-29-18-9-4-7-16(14-18)25-21-20(19-10-5-12-30-19)22(27)26(23(21)28)17-8-3-6-15(24)13-17/h3-10,12-14,25H,2,11H2,1H3. The molecule has 2 amide bonds. The van der Waals surface area contributed by atoms with Crippen LogP contribution in [0, 0.1) is 0 Å². The lowest BCUT2D eigenvalue weighted by Gasteiger charge is -2.15. The molecule has 0 atom stereocenters. The van der Waals surface area contributed by atoms with Gasteiger partial charge in [-0.1, -0.05) is 36.7 Å². The molecule has 7 heteroatoms. The zero-order valence-electron chi connectivity index (χ0n) is 16.2. The van der Waals surface area contributed by atoms with E-state index in [-0.39, 0.29) is 11.6 Å². The fraction of sp³-hybridized carbons (Fsp3) is 0.130. The number of benzene rings is 2. The number of rotatable bonds is 7. The molecule has 30 heavy (non-hydrogen) atoms. The highest BCUT2D eigenvalue weighted by Gasteiger charge is 2.40. The molecule has 0 spiro atoms. The van der Waals surface area contributed by atoms with E-state index in [1.165, 1.54) is 11.3 Å². The second kappa shape index (κ2) is 8.73. The molecule has 5 nitrogen and oxygen atoms in total. The van der Waals surface area contributed by atoms with E-state index in [0.717, 1.165) is 16.2 Å². The van der Waals surface area contributed by atoms with Gasteiger partial charge in [-0.3, -0.25) is 9.59 Å². The topological polar surface area (TPSA) is 58.6 Å². The normalized spacial score (nSPS) is 13.9. The summed E-state index contributed by atoms with van der Waals surface area (Å²) in [6.07, 6.45) is 0.896. The van der Waals surface area contributed by atoms with Gasteiger partial charge in [0, 0.05) is 21.7 Å². The van der Waals surface area contributed by atoms with Crippen molar-refractivity contribution in [2.75, 3.05) is 16.8 Å². The van der Waals surface area contributed by atoms with Gasteiger partial charge in [0.15, 0.2) is 0 Å². The Kier molecular flexibility index (Phi) is 5.88. The molecule has 4 rings (SSSR count). The van der Waals surface area contributed by atoms with Crippen LogP contribution in [0.2, 0.25) is 5.02 Å². The first-order valence-corrected chi connectivity index (χ1v) is 10.8. The molecule has 3 aromatic rings. The zero-order valence-corrected chi connectivity index (χ0v) is 17.8. The van der Waals surface area contributed by atoms with Crippen LogP contribution >= 0.6 is 22.9 Å². The highest BCUT2D eigenvalue weighted by atomic mass is 35.5. The first-order valence-electron chi connectivity index (χ1n) is 9.51. The number of hydrogen-bond acceptors (Lipinski definition) is 5. The summed E-state index contributed by atoms with van der Waals surface area (Å²) in [5.41, 5.74) is 1.68. The molecule has 2 aromatic carbocycles. The summed E-state index contributed by atoms with van der Waals surface area (Å²) in [4.78, 5) is 28.5. The molecule has 0 saturated heterocycles. The monoisotopic (exact) mass is 438 g/mol. The van der Waals surface area contributed by atoms with E-state index in [4.69, 9.17) is 16.3 Å². The highest BCUT2D eigenvalue weighted by Crippen LogP contribution is 2.36. The highest BCUT2D eigenvalue weighted by molar-refractivity contribution is 7.11. The lowest BCUT2D eigenvalue weighted by Crippen LogP contribution is -2.32. The minimum Gasteiger partial charge on any atom is -0.494 e. The third-order valence-corrected chi connectivity index (χ3v) is 5.62. The fourth-order valence-corrected chi connectivity index (χ4v) is 4.13. The quantitative estimate of drug-likeness (QED) is 0.489. The Bertz CT molecular complexity index is 1120.